The largest absolute Gasteiger partial charge is 0.335 e. The van der Waals surface area contributed by atoms with E-state index in [9.17, 15) is 0 Å². The summed E-state index contributed by atoms with van der Waals surface area (Å²) in [5.41, 5.74) is 1.21. The summed E-state index contributed by atoms with van der Waals surface area (Å²) < 4.78 is 2.03. The van der Waals surface area contributed by atoms with Crippen LogP contribution < -0.4 is 0 Å². The van der Waals surface area contributed by atoms with Crippen LogP contribution in [0.15, 0.2) is 12.1 Å². The molecule has 0 atom stereocenters. The summed E-state index contributed by atoms with van der Waals surface area (Å²) in [7, 11) is 0. The molecule has 8 heavy (non-hydrogen) atoms. The van der Waals surface area contributed by atoms with Gasteiger partial charge >= 0.3 is 0 Å². The average Bonchev–Trinajstić information content (AvgIpc) is 2.15. The molecule has 0 fully saturated rings. The molecule has 2 radical (unpaired) electrons. The van der Waals surface area contributed by atoms with Gasteiger partial charge in [-0.25, -0.2) is 0 Å². The molecule has 1 heteroatoms. The monoisotopic (exact) mass is 103 g/mol. The summed E-state index contributed by atoms with van der Waals surface area (Å²) in [6.45, 7) is 0.971. The molecular weight excluding hydrogens is 98.1 g/mol. The number of aromatic nitrogens is 1. The molecule has 0 bridgehead atoms. The fourth-order valence-electron chi connectivity index (χ4n) is 0.895. The lowest BCUT2D eigenvalue weighted by atomic mass is 10.4. The summed E-state index contributed by atoms with van der Waals surface area (Å²) >= 11 is 0. The van der Waals surface area contributed by atoms with Crippen molar-refractivity contribution in [3.05, 3.63) is 30.1 Å². The molecule has 0 saturated heterocycles. The molecule has 2 rings (SSSR count). The first kappa shape index (κ1) is 3.96. The molecular formula is C7H5N. The smallest absolute Gasteiger partial charge is 0.0742 e. The predicted molar refractivity (Wildman–Crippen MR) is 31.1 cm³/mol. The molecule has 1 aliphatic heterocycles. The molecule has 1 nitrogen and oxygen atoms in total. The third kappa shape index (κ3) is 0.360. The summed E-state index contributed by atoms with van der Waals surface area (Å²) in [5.74, 6) is 0. The number of nitrogens with zero attached hydrogens (tertiary/aromatic N) is 1. The Balaban J connectivity index is 2.67. The van der Waals surface area contributed by atoms with E-state index in [0.717, 1.165) is 6.54 Å². The van der Waals surface area contributed by atoms with E-state index in [0.29, 0.717) is 0 Å². The second kappa shape index (κ2) is 1.25. The number of hydrogen-bond acceptors (Lipinski definition) is 0. The number of rotatable bonds is 0. The molecule has 38 valence electrons. The third-order valence-electron chi connectivity index (χ3n) is 1.31. The van der Waals surface area contributed by atoms with Crippen molar-refractivity contribution in [3.8, 4) is 0 Å². The van der Waals surface area contributed by atoms with Crippen LogP contribution in [0.5, 0.6) is 0 Å². The molecule has 0 aliphatic carbocycles. The minimum absolute atomic E-state index is 0.971. The molecule has 2 heterocycles. The molecule has 1 aliphatic rings. The van der Waals surface area contributed by atoms with Gasteiger partial charge in [-0.15, -0.1) is 0 Å². The van der Waals surface area contributed by atoms with Crippen molar-refractivity contribution in [2.75, 3.05) is 0 Å². The lowest BCUT2D eigenvalue weighted by molar-refractivity contribution is 0.840. The highest BCUT2D eigenvalue weighted by Gasteiger charge is 1.99. The van der Waals surface area contributed by atoms with Crippen LogP contribution in [0.25, 0.3) is 6.08 Å². The quantitative estimate of drug-likeness (QED) is 0.463. The molecule has 0 saturated carbocycles. The molecule has 1 aromatic heterocycles. The second-order valence-electron chi connectivity index (χ2n) is 1.84. The lowest BCUT2D eigenvalue weighted by Crippen LogP contribution is -1.87. The van der Waals surface area contributed by atoms with Gasteiger partial charge in [-0.05, 0) is 12.1 Å². The summed E-state index contributed by atoms with van der Waals surface area (Å²) in [6, 6.07) is 4.82. The van der Waals surface area contributed by atoms with Gasteiger partial charge in [0.2, 0.25) is 0 Å². The Labute approximate surface area is 48.2 Å². The Morgan fingerprint density at radius 2 is 2.62 bits per heavy atom. The van der Waals surface area contributed by atoms with Crippen molar-refractivity contribution in [1.82, 2.24) is 4.57 Å². The number of hydrogen-bond donors (Lipinski definition) is 0. The van der Waals surface area contributed by atoms with Gasteiger partial charge in [-0.3, -0.25) is 0 Å². The van der Waals surface area contributed by atoms with Gasteiger partial charge in [0.25, 0.3) is 0 Å². The fourth-order valence-corrected chi connectivity index (χ4v) is 0.895. The van der Waals surface area contributed by atoms with E-state index in [1.807, 2.05) is 10.6 Å². The van der Waals surface area contributed by atoms with E-state index in [-0.39, 0.29) is 0 Å². The highest BCUT2D eigenvalue weighted by molar-refractivity contribution is 5.48. The zero-order valence-corrected chi connectivity index (χ0v) is 4.39. The first-order chi connectivity index (χ1) is 3.97. The van der Waals surface area contributed by atoms with Crippen LogP contribution in [0.4, 0.5) is 0 Å². The van der Waals surface area contributed by atoms with Crippen molar-refractivity contribution in [1.29, 1.82) is 0 Å². The van der Waals surface area contributed by atoms with Crippen LogP contribution in [0.2, 0.25) is 0 Å². The van der Waals surface area contributed by atoms with Crippen molar-refractivity contribution < 1.29 is 0 Å². The normalized spacial score (nSPS) is 14.5. The minimum Gasteiger partial charge on any atom is -0.335 e. The maximum Gasteiger partial charge on any atom is 0.0742 e. The Morgan fingerprint density at radius 1 is 1.62 bits per heavy atom. The number of fused-ring (bicyclic) bond motifs is 1. The van der Waals surface area contributed by atoms with Gasteiger partial charge in [0.15, 0.2) is 0 Å². The Hall–Kier alpha value is -0.980. The van der Waals surface area contributed by atoms with Gasteiger partial charge in [0, 0.05) is 18.3 Å². The summed E-state index contributed by atoms with van der Waals surface area (Å²) in [5, 5.41) is 0. The van der Waals surface area contributed by atoms with Crippen LogP contribution in [-0.2, 0) is 6.54 Å². The van der Waals surface area contributed by atoms with Crippen molar-refractivity contribution >= 4 is 6.08 Å². The van der Waals surface area contributed by atoms with Gasteiger partial charge < -0.3 is 4.57 Å². The molecule has 0 unspecified atom stereocenters. The molecule has 0 N–H and O–H groups in total. The topological polar surface area (TPSA) is 4.93 Å². The van der Waals surface area contributed by atoms with E-state index < -0.39 is 0 Å². The minimum atomic E-state index is 0.971. The Bertz CT molecular complexity index is 220. The van der Waals surface area contributed by atoms with E-state index in [1.165, 1.54) is 5.69 Å². The molecule has 1 aromatic rings. The maximum atomic E-state index is 2.95. The second-order valence-corrected chi connectivity index (χ2v) is 1.84. The van der Waals surface area contributed by atoms with Gasteiger partial charge in [-0.1, -0.05) is 6.08 Å². The van der Waals surface area contributed by atoms with E-state index in [1.54, 1.807) is 0 Å². The van der Waals surface area contributed by atoms with Gasteiger partial charge in [-0.2, -0.15) is 0 Å². The zero-order chi connectivity index (χ0) is 5.40. The van der Waals surface area contributed by atoms with Crippen LogP contribution in [0, 0.1) is 12.3 Å². The van der Waals surface area contributed by atoms with E-state index >= 15 is 0 Å². The maximum absolute atomic E-state index is 2.95. The third-order valence-corrected chi connectivity index (χ3v) is 1.31. The first-order valence-corrected chi connectivity index (χ1v) is 2.62. The SMILES string of the molecule is [c]1[c]n2c(c1)C=CC2. The van der Waals surface area contributed by atoms with Crippen LogP contribution >= 0.6 is 0 Å². The Kier molecular flexibility index (Phi) is 0.618. The fraction of sp³-hybridized carbons (Fsp3) is 0.143. The zero-order valence-electron chi connectivity index (χ0n) is 4.39. The summed E-state index contributed by atoms with van der Waals surface area (Å²) in [6.07, 6.45) is 7.13. The van der Waals surface area contributed by atoms with Crippen LogP contribution in [0.3, 0.4) is 0 Å². The highest BCUT2D eigenvalue weighted by atomic mass is 15.0. The van der Waals surface area contributed by atoms with Gasteiger partial charge in [0.1, 0.15) is 0 Å². The van der Waals surface area contributed by atoms with Crippen LogP contribution in [0.1, 0.15) is 5.69 Å². The van der Waals surface area contributed by atoms with Crippen molar-refractivity contribution in [2.45, 2.75) is 6.54 Å². The number of allylic oxidation sites excluding steroid dienone is 1. The molecule has 0 aromatic carbocycles. The first-order valence-electron chi connectivity index (χ1n) is 2.62. The molecule has 0 amide bonds. The van der Waals surface area contributed by atoms with Gasteiger partial charge in [0.05, 0.1) is 6.20 Å². The standard InChI is InChI=1S/C7H5N/c1-3-7-4-2-6-8(7)5-1/h1,3-4H,5H2. The average molecular weight is 103 g/mol. The summed E-state index contributed by atoms with van der Waals surface area (Å²) in [4.78, 5) is 0. The van der Waals surface area contributed by atoms with E-state index in [4.69, 9.17) is 0 Å². The van der Waals surface area contributed by atoms with Crippen molar-refractivity contribution in [3.63, 3.8) is 0 Å². The van der Waals surface area contributed by atoms with Crippen LogP contribution in [-0.4, -0.2) is 4.57 Å². The highest BCUT2D eigenvalue weighted by Crippen LogP contribution is 2.09. The predicted octanol–water partition coefficient (Wildman–Crippen LogP) is 1.12. The van der Waals surface area contributed by atoms with Crippen molar-refractivity contribution in [2.24, 2.45) is 0 Å². The van der Waals surface area contributed by atoms with E-state index in [2.05, 4.69) is 24.4 Å². The lowest BCUT2D eigenvalue weighted by Gasteiger charge is -1.89. The Morgan fingerprint density at radius 3 is 3.50 bits per heavy atom. The molecule has 0 spiro atoms.